The van der Waals surface area contributed by atoms with E-state index < -0.39 is 16.1 Å². The number of sulfonamides is 1. The Balaban J connectivity index is 0.000000294. The summed E-state index contributed by atoms with van der Waals surface area (Å²) in [5, 5.41) is 10.3. The first-order chi connectivity index (χ1) is 18.8. The van der Waals surface area contributed by atoms with E-state index in [0.717, 1.165) is 24.0 Å². The first kappa shape index (κ1) is 29.7. The second-order valence-corrected chi connectivity index (χ2v) is 10.7. The molecule has 0 radical (unpaired) electrons. The fourth-order valence-electron chi connectivity index (χ4n) is 4.32. The summed E-state index contributed by atoms with van der Waals surface area (Å²) >= 11 is 0. The summed E-state index contributed by atoms with van der Waals surface area (Å²) < 4.78 is 43.6. The van der Waals surface area contributed by atoms with Crippen molar-refractivity contribution in [1.29, 1.82) is 0 Å². The Morgan fingerprint density at radius 2 is 1.51 bits per heavy atom. The molecule has 0 amide bonds. The van der Waals surface area contributed by atoms with Crippen LogP contribution in [0.25, 0.3) is 11.1 Å². The molecule has 1 aliphatic rings. The Labute approximate surface area is 231 Å². The molecule has 0 spiro atoms. The number of rotatable bonds is 6. The van der Waals surface area contributed by atoms with Crippen LogP contribution >= 0.6 is 0 Å². The summed E-state index contributed by atoms with van der Waals surface area (Å²) in [6, 6.07) is 28.5. The van der Waals surface area contributed by atoms with Gasteiger partial charge in [-0.2, -0.15) is 0 Å². The molecule has 5 nitrogen and oxygen atoms in total. The van der Waals surface area contributed by atoms with Crippen molar-refractivity contribution in [3.8, 4) is 22.6 Å². The normalized spacial score (nSPS) is 15.1. The van der Waals surface area contributed by atoms with Gasteiger partial charge in [0.25, 0.3) is 0 Å². The smallest absolute Gasteiger partial charge is 0.238 e. The van der Waals surface area contributed by atoms with Crippen molar-refractivity contribution in [3.05, 3.63) is 114 Å². The molecule has 4 aromatic carbocycles. The number of phenolic OH excluding ortho intramolecular Hbond substituents is 1. The van der Waals surface area contributed by atoms with Crippen LogP contribution in [0, 0.1) is 5.82 Å². The molecule has 1 heterocycles. The molecule has 1 aliphatic heterocycles. The SMILES string of the molecule is CC.CCCc1ccc(F)cc1.COc1ccc(C2CS(=O)(=O)N2c2ccc(-c3ccccc3)cc2)c(O)c1. The Bertz CT molecular complexity index is 1420. The van der Waals surface area contributed by atoms with Crippen molar-refractivity contribution in [2.75, 3.05) is 17.2 Å². The number of aryl methyl sites for hydroxylation is 1. The average molecular weight is 550 g/mol. The molecule has 39 heavy (non-hydrogen) atoms. The lowest BCUT2D eigenvalue weighted by atomic mass is 10.0. The van der Waals surface area contributed by atoms with Crippen LogP contribution in [0.2, 0.25) is 0 Å². The van der Waals surface area contributed by atoms with Gasteiger partial charge in [-0.25, -0.2) is 12.8 Å². The quantitative estimate of drug-likeness (QED) is 0.267. The molecule has 0 bridgehead atoms. The largest absolute Gasteiger partial charge is 0.507 e. The zero-order valence-corrected chi connectivity index (χ0v) is 23.7. The van der Waals surface area contributed by atoms with E-state index in [0.29, 0.717) is 17.0 Å². The molecule has 1 fully saturated rings. The molecule has 5 rings (SSSR count). The number of anilines is 1. The highest BCUT2D eigenvalue weighted by Gasteiger charge is 2.45. The number of halogens is 1. The highest BCUT2D eigenvalue weighted by molar-refractivity contribution is 7.94. The zero-order valence-electron chi connectivity index (χ0n) is 22.8. The minimum atomic E-state index is -3.39. The minimum absolute atomic E-state index is 0.0279. The summed E-state index contributed by atoms with van der Waals surface area (Å²) in [5.74, 6) is 0.366. The van der Waals surface area contributed by atoms with Crippen LogP contribution in [0.5, 0.6) is 11.5 Å². The maximum absolute atomic E-state index is 12.4. The molecule has 1 atom stereocenters. The molecule has 0 aliphatic carbocycles. The monoisotopic (exact) mass is 549 g/mol. The van der Waals surface area contributed by atoms with Gasteiger partial charge < -0.3 is 9.84 Å². The lowest BCUT2D eigenvalue weighted by Gasteiger charge is -2.42. The molecule has 206 valence electrons. The fourth-order valence-corrected chi connectivity index (χ4v) is 5.97. The van der Waals surface area contributed by atoms with Crippen LogP contribution in [-0.2, 0) is 16.4 Å². The predicted octanol–water partition coefficient (Wildman–Crippen LogP) is 7.76. The van der Waals surface area contributed by atoms with Crippen LogP contribution in [0.3, 0.4) is 0 Å². The van der Waals surface area contributed by atoms with Gasteiger partial charge in [0.05, 0.1) is 24.6 Å². The van der Waals surface area contributed by atoms with Gasteiger partial charge in [0.2, 0.25) is 10.0 Å². The zero-order chi connectivity index (χ0) is 28.4. The first-order valence-corrected chi connectivity index (χ1v) is 14.7. The van der Waals surface area contributed by atoms with Crippen LogP contribution < -0.4 is 9.04 Å². The average Bonchev–Trinajstić information content (AvgIpc) is 2.96. The third-order valence-electron chi connectivity index (χ3n) is 6.23. The maximum atomic E-state index is 12.4. The van der Waals surface area contributed by atoms with Crippen molar-refractivity contribution >= 4 is 15.7 Å². The van der Waals surface area contributed by atoms with Gasteiger partial charge in [0.15, 0.2) is 0 Å². The van der Waals surface area contributed by atoms with Gasteiger partial charge in [-0.15, -0.1) is 0 Å². The Morgan fingerprint density at radius 1 is 0.897 bits per heavy atom. The lowest BCUT2D eigenvalue weighted by molar-refractivity contribution is 0.405. The topological polar surface area (TPSA) is 66.8 Å². The number of methoxy groups -OCH3 is 1. The van der Waals surface area contributed by atoms with Crippen LogP contribution in [-0.4, -0.2) is 26.4 Å². The van der Waals surface area contributed by atoms with Crippen LogP contribution in [0.4, 0.5) is 10.1 Å². The third-order valence-corrected chi connectivity index (χ3v) is 8.03. The standard InChI is InChI=1S/C21H19NO4S.C9H11F.C2H6/c1-26-18-11-12-19(21(23)13-18)20-14-27(24,25)22(20)17-9-7-16(8-10-17)15-5-3-2-4-6-15;1-2-3-8-4-6-9(10)7-5-8;1-2/h2-13,20,23H,14H2,1H3;4-7H,2-3H2,1H3;1-2H3. The van der Waals surface area contributed by atoms with E-state index >= 15 is 0 Å². The summed E-state index contributed by atoms with van der Waals surface area (Å²) in [7, 11) is -1.87. The maximum Gasteiger partial charge on any atom is 0.238 e. The van der Waals surface area contributed by atoms with Crippen molar-refractivity contribution in [2.45, 2.75) is 39.7 Å². The highest BCUT2D eigenvalue weighted by Crippen LogP contribution is 2.43. The Kier molecular flexibility index (Phi) is 10.5. The minimum Gasteiger partial charge on any atom is -0.507 e. The second kappa shape index (κ2) is 13.8. The van der Waals surface area contributed by atoms with Gasteiger partial charge in [-0.05, 0) is 59.5 Å². The van der Waals surface area contributed by atoms with Gasteiger partial charge in [0.1, 0.15) is 17.3 Å². The highest BCUT2D eigenvalue weighted by atomic mass is 32.2. The summed E-state index contributed by atoms with van der Waals surface area (Å²) in [6.07, 6.45) is 2.16. The number of benzene rings is 4. The molecule has 1 saturated heterocycles. The summed E-state index contributed by atoms with van der Waals surface area (Å²) in [5.41, 5.74) is 4.45. The molecule has 0 saturated carbocycles. The van der Waals surface area contributed by atoms with Gasteiger partial charge in [-0.3, -0.25) is 4.31 Å². The van der Waals surface area contributed by atoms with Gasteiger partial charge in [-0.1, -0.05) is 81.8 Å². The number of phenols is 1. The molecule has 1 unspecified atom stereocenters. The summed E-state index contributed by atoms with van der Waals surface area (Å²) in [4.78, 5) is 0. The van der Waals surface area contributed by atoms with E-state index in [1.807, 2.05) is 68.4 Å². The number of hydrogen-bond acceptors (Lipinski definition) is 4. The Morgan fingerprint density at radius 3 is 2.05 bits per heavy atom. The van der Waals surface area contributed by atoms with E-state index in [1.54, 1.807) is 24.3 Å². The van der Waals surface area contributed by atoms with Crippen molar-refractivity contribution in [3.63, 3.8) is 0 Å². The van der Waals surface area contributed by atoms with Crippen molar-refractivity contribution < 1.29 is 22.7 Å². The van der Waals surface area contributed by atoms with Crippen LogP contribution in [0.1, 0.15) is 44.4 Å². The van der Waals surface area contributed by atoms with E-state index in [2.05, 4.69) is 6.92 Å². The van der Waals surface area contributed by atoms with E-state index in [4.69, 9.17) is 4.74 Å². The second-order valence-electron chi connectivity index (χ2n) is 8.80. The van der Waals surface area contributed by atoms with E-state index in [1.165, 1.54) is 35.2 Å². The van der Waals surface area contributed by atoms with Gasteiger partial charge in [0, 0.05) is 11.6 Å². The van der Waals surface area contributed by atoms with E-state index in [-0.39, 0.29) is 17.3 Å². The summed E-state index contributed by atoms with van der Waals surface area (Å²) in [6.45, 7) is 6.11. The molecular formula is C32H36FNO4S. The number of hydrogen-bond donors (Lipinski definition) is 1. The Hall–Kier alpha value is -3.84. The molecule has 1 N–H and O–H groups in total. The number of aromatic hydroxyl groups is 1. The number of ether oxygens (including phenoxy) is 1. The third kappa shape index (κ3) is 7.39. The van der Waals surface area contributed by atoms with Gasteiger partial charge >= 0.3 is 0 Å². The molecule has 4 aromatic rings. The fraction of sp³-hybridized carbons (Fsp3) is 0.250. The molecule has 7 heteroatoms. The first-order valence-electron chi connectivity index (χ1n) is 13.1. The van der Waals surface area contributed by atoms with Crippen molar-refractivity contribution in [1.82, 2.24) is 0 Å². The van der Waals surface area contributed by atoms with Crippen LogP contribution in [0.15, 0.2) is 97.1 Å². The van der Waals surface area contributed by atoms with Crippen molar-refractivity contribution in [2.24, 2.45) is 0 Å². The predicted molar refractivity (Wildman–Crippen MR) is 157 cm³/mol. The number of nitrogens with zero attached hydrogens (tertiary/aromatic N) is 1. The molecular weight excluding hydrogens is 513 g/mol. The molecule has 0 aromatic heterocycles. The van der Waals surface area contributed by atoms with E-state index in [9.17, 15) is 17.9 Å². The lowest BCUT2D eigenvalue weighted by Crippen LogP contribution is -2.50.